The predicted octanol–water partition coefficient (Wildman–Crippen LogP) is 3.45. The van der Waals surface area contributed by atoms with Gasteiger partial charge in [-0.25, -0.2) is 0 Å². The summed E-state index contributed by atoms with van der Waals surface area (Å²) in [6.45, 7) is 8.64. The Bertz CT molecular complexity index is 360. The molecule has 1 fully saturated rings. The van der Waals surface area contributed by atoms with Gasteiger partial charge in [0.05, 0.1) is 6.10 Å². The van der Waals surface area contributed by atoms with Gasteiger partial charge in [-0.3, -0.25) is 0 Å². The predicted molar refractivity (Wildman–Crippen MR) is 77.6 cm³/mol. The minimum atomic E-state index is -0.238. The number of hydrogen-bond acceptors (Lipinski definition) is 2. The van der Waals surface area contributed by atoms with Gasteiger partial charge in [-0.1, -0.05) is 38.8 Å². The molecule has 7 atom stereocenters. The molecule has 2 aliphatic rings. The first-order valence-electron chi connectivity index (χ1n) is 7.86. The molecule has 0 aliphatic heterocycles. The van der Waals surface area contributed by atoms with Crippen LogP contribution in [0.1, 0.15) is 47.0 Å². The zero-order valence-electron chi connectivity index (χ0n) is 12.7. The lowest BCUT2D eigenvalue weighted by Crippen LogP contribution is -2.49. The number of aliphatic hydroxyl groups excluding tert-OH is 1. The maximum absolute atomic E-state index is 11.7. The Morgan fingerprint density at radius 1 is 1.37 bits per heavy atom. The fourth-order valence-electron chi connectivity index (χ4n) is 4.77. The van der Waals surface area contributed by atoms with Crippen LogP contribution in [-0.4, -0.2) is 17.5 Å². The van der Waals surface area contributed by atoms with E-state index < -0.39 is 0 Å². The summed E-state index contributed by atoms with van der Waals surface area (Å²) < 4.78 is 0. The highest BCUT2D eigenvalue weighted by atomic mass is 16.3. The standard InChI is InChI=1S/C17H28O2/c1-5-13-10(3)7-12-8-11(4)17(19)14(6-2)16(12)15(13)9-18/h7,9,11-17,19H,5-6,8H2,1-4H3. The molecule has 0 spiro atoms. The van der Waals surface area contributed by atoms with Crippen molar-refractivity contribution in [2.45, 2.75) is 53.1 Å². The summed E-state index contributed by atoms with van der Waals surface area (Å²) in [5.41, 5.74) is 1.39. The van der Waals surface area contributed by atoms with E-state index in [1.165, 1.54) is 11.9 Å². The zero-order valence-corrected chi connectivity index (χ0v) is 12.7. The van der Waals surface area contributed by atoms with E-state index >= 15 is 0 Å². The van der Waals surface area contributed by atoms with E-state index in [1.807, 2.05) is 0 Å². The van der Waals surface area contributed by atoms with E-state index in [1.54, 1.807) is 0 Å². The topological polar surface area (TPSA) is 37.3 Å². The number of allylic oxidation sites excluding steroid dienone is 2. The van der Waals surface area contributed by atoms with E-state index in [-0.39, 0.29) is 17.9 Å². The molecule has 0 saturated heterocycles. The third kappa shape index (κ3) is 2.40. The molecular formula is C17H28O2. The third-order valence-corrected chi connectivity index (χ3v) is 5.69. The Balaban J connectivity index is 2.39. The highest BCUT2D eigenvalue weighted by molar-refractivity contribution is 5.57. The maximum atomic E-state index is 11.7. The molecule has 2 nitrogen and oxygen atoms in total. The highest BCUT2D eigenvalue weighted by Gasteiger charge is 2.48. The van der Waals surface area contributed by atoms with Crippen molar-refractivity contribution in [3.8, 4) is 0 Å². The molecule has 0 heterocycles. The number of aliphatic hydroxyl groups is 1. The Labute approximate surface area is 117 Å². The summed E-state index contributed by atoms with van der Waals surface area (Å²) in [5, 5.41) is 10.5. The molecule has 19 heavy (non-hydrogen) atoms. The number of rotatable bonds is 3. The molecule has 0 aromatic heterocycles. The fraction of sp³-hybridized carbons (Fsp3) is 0.824. The van der Waals surface area contributed by atoms with Gasteiger partial charge in [0.25, 0.3) is 0 Å². The van der Waals surface area contributed by atoms with Gasteiger partial charge in [-0.05, 0) is 49.4 Å². The van der Waals surface area contributed by atoms with E-state index in [0.717, 1.165) is 19.3 Å². The van der Waals surface area contributed by atoms with Gasteiger partial charge in [0, 0.05) is 5.92 Å². The van der Waals surface area contributed by atoms with Gasteiger partial charge in [-0.15, -0.1) is 0 Å². The number of carbonyl (C=O) groups is 1. The quantitative estimate of drug-likeness (QED) is 0.626. The van der Waals surface area contributed by atoms with Crippen molar-refractivity contribution in [1.29, 1.82) is 0 Å². The molecular weight excluding hydrogens is 236 g/mol. The van der Waals surface area contributed by atoms with Crippen molar-refractivity contribution in [3.05, 3.63) is 11.6 Å². The van der Waals surface area contributed by atoms with Crippen molar-refractivity contribution in [3.63, 3.8) is 0 Å². The van der Waals surface area contributed by atoms with Gasteiger partial charge in [-0.2, -0.15) is 0 Å². The first-order chi connectivity index (χ1) is 9.04. The molecule has 108 valence electrons. The molecule has 0 aromatic carbocycles. The van der Waals surface area contributed by atoms with Crippen LogP contribution in [0.2, 0.25) is 0 Å². The van der Waals surface area contributed by atoms with E-state index in [2.05, 4.69) is 33.8 Å². The normalized spacial score (nSPS) is 46.4. The van der Waals surface area contributed by atoms with E-state index in [9.17, 15) is 9.90 Å². The van der Waals surface area contributed by atoms with Crippen molar-refractivity contribution in [2.75, 3.05) is 0 Å². The number of aldehydes is 1. The van der Waals surface area contributed by atoms with E-state index in [0.29, 0.717) is 23.7 Å². The lowest BCUT2D eigenvalue weighted by molar-refractivity contribution is -0.121. The fourth-order valence-corrected chi connectivity index (χ4v) is 4.77. The molecule has 7 unspecified atom stereocenters. The Morgan fingerprint density at radius 2 is 2.05 bits per heavy atom. The first-order valence-corrected chi connectivity index (χ1v) is 7.86. The second-order valence-corrected chi connectivity index (χ2v) is 6.66. The summed E-state index contributed by atoms with van der Waals surface area (Å²) >= 11 is 0. The number of carbonyl (C=O) groups excluding carboxylic acids is 1. The second kappa shape index (κ2) is 5.78. The minimum Gasteiger partial charge on any atom is -0.393 e. The van der Waals surface area contributed by atoms with Crippen molar-refractivity contribution in [1.82, 2.24) is 0 Å². The molecule has 2 heteroatoms. The SMILES string of the molecule is CCC1C(C)=CC2CC(C)C(O)C(CC)C2C1C=O. The largest absolute Gasteiger partial charge is 0.393 e. The lowest BCUT2D eigenvalue weighted by atomic mass is 9.55. The Hall–Kier alpha value is -0.630. The summed E-state index contributed by atoms with van der Waals surface area (Å²) in [7, 11) is 0. The first kappa shape index (κ1) is 14.8. The Morgan fingerprint density at radius 3 is 2.58 bits per heavy atom. The zero-order chi connectivity index (χ0) is 14.2. The van der Waals surface area contributed by atoms with Gasteiger partial charge in [0.15, 0.2) is 0 Å². The molecule has 0 radical (unpaired) electrons. The van der Waals surface area contributed by atoms with Crippen molar-refractivity contribution >= 4 is 6.29 Å². The van der Waals surface area contributed by atoms with E-state index in [4.69, 9.17) is 0 Å². The molecule has 1 saturated carbocycles. The molecule has 0 bridgehead atoms. The summed E-state index contributed by atoms with van der Waals surface area (Å²) in [4.78, 5) is 11.7. The van der Waals surface area contributed by atoms with Crippen LogP contribution in [0.25, 0.3) is 0 Å². The smallest absolute Gasteiger partial charge is 0.123 e. The lowest BCUT2D eigenvalue weighted by Gasteiger charge is -2.50. The van der Waals surface area contributed by atoms with Crippen LogP contribution in [0.5, 0.6) is 0 Å². The van der Waals surface area contributed by atoms with Crippen molar-refractivity contribution < 1.29 is 9.90 Å². The van der Waals surface area contributed by atoms with Crippen LogP contribution in [0, 0.1) is 35.5 Å². The van der Waals surface area contributed by atoms with Crippen LogP contribution >= 0.6 is 0 Å². The molecule has 2 aliphatic carbocycles. The van der Waals surface area contributed by atoms with Crippen molar-refractivity contribution in [2.24, 2.45) is 35.5 Å². The summed E-state index contributed by atoms with van der Waals surface area (Å²) in [6, 6.07) is 0. The molecule has 0 amide bonds. The molecule has 1 N–H and O–H groups in total. The average molecular weight is 264 g/mol. The van der Waals surface area contributed by atoms with Gasteiger partial charge < -0.3 is 9.90 Å². The maximum Gasteiger partial charge on any atom is 0.123 e. The third-order valence-electron chi connectivity index (χ3n) is 5.69. The minimum absolute atomic E-state index is 0.104. The van der Waals surface area contributed by atoms with Crippen LogP contribution < -0.4 is 0 Å². The summed E-state index contributed by atoms with van der Waals surface area (Å²) in [6.07, 6.45) is 6.37. The number of fused-ring (bicyclic) bond motifs is 1. The van der Waals surface area contributed by atoms with Gasteiger partial charge >= 0.3 is 0 Å². The summed E-state index contributed by atoms with van der Waals surface area (Å²) in [5.74, 6) is 1.95. The van der Waals surface area contributed by atoms with Gasteiger partial charge in [0.1, 0.15) is 6.29 Å². The molecule has 0 aromatic rings. The number of hydrogen-bond donors (Lipinski definition) is 1. The highest BCUT2D eigenvalue weighted by Crippen LogP contribution is 2.50. The molecule has 2 rings (SSSR count). The second-order valence-electron chi connectivity index (χ2n) is 6.66. The van der Waals surface area contributed by atoms with Crippen LogP contribution in [-0.2, 0) is 4.79 Å². The van der Waals surface area contributed by atoms with Gasteiger partial charge in [0.2, 0.25) is 0 Å². The van der Waals surface area contributed by atoms with Crippen LogP contribution in [0.15, 0.2) is 11.6 Å². The Kier molecular flexibility index (Phi) is 4.50. The van der Waals surface area contributed by atoms with Crippen LogP contribution in [0.4, 0.5) is 0 Å². The van der Waals surface area contributed by atoms with Crippen LogP contribution in [0.3, 0.4) is 0 Å². The monoisotopic (exact) mass is 264 g/mol. The average Bonchev–Trinajstić information content (AvgIpc) is 2.39.